The summed E-state index contributed by atoms with van der Waals surface area (Å²) in [7, 11) is 2.83. The van der Waals surface area contributed by atoms with E-state index in [1.807, 2.05) is 12.1 Å². The van der Waals surface area contributed by atoms with Crippen molar-refractivity contribution in [2.24, 2.45) is 0 Å². The van der Waals surface area contributed by atoms with Crippen LogP contribution in [0.4, 0.5) is 0 Å². The minimum atomic E-state index is 0.655. The van der Waals surface area contributed by atoms with E-state index in [0.29, 0.717) is 10.3 Å². The smallest absolute Gasteiger partial charge is 0.187 e. The van der Waals surface area contributed by atoms with Gasteiger partial charge in [-0.3, -0.25) is 0 Å². The van der Waals surface area contributed by atoms with Crippen LogP contribution in [0.2, 0.25) is 0 Å². The number of rotatable bonds is 5. The van der Waals surface area contributed by atoms with Crippen LogP contribution in [0, 0.1) is 27.7 Å². The van der Waals surface area contributed by atoms with E-state index in [-0.39, 0.29) is 0 Å². The van der Waals surface area contributed by atoms with E-state index in [2.05, 4.69) is 83.0 Å². The molecule has 0 aliphatic rings. The molecule has 10 heteroatoms. The number of hydrogen-bond acceptors (Lipinski definition) is 8. The summed E-state index contributed by atoms with van der Waals surface area (Å²) in [6.07, 6.45) is 0. The van der Waals surface area contributed by atoms with Crippen molar-refractivity contribution < 1.29 is 0 Å². The maximum absolute atomic E-state index is 4.14. The largest absolute Gasteiger partial charge is 0.225 e. The maximum atomic E-state index is 4.14. The van der Waals surface area contributed by atoms with E-state index >= 15 is 0 Å². The first-order chi connectivity index (χ1) is 13.5. The Morgan fingerprint density at radius 1 is 0.607 bits per heavy atom. The molecule has 28 heavy (non-hydrogen) atoms. The van der Waals surface area contributed by atoms with Crippen LogP contribution in [0.3, 0.4) is 0 Å². The zero-order chi connectivity index (χ0) is 19.7. The maximum Gasteiger partial charge on any atom is 0.225 e. The third kappa shape index (κ3) is 3.65. The standard InChI is InChI=1S/C18H18N8S2/c1-11-5-7-15(9-13(11)3)25-17(19-21-23-25)27-28-18-20-22-24-26(18)16-8-6-12(2)14(4)10-16/h5-10H,1-4H3. The summed E-state index contributed by atoms with van der Waals surface area (Å²) < 4.78 is 3.43. The molecular weight excluding hydrogens is 392 g/mol. The van der Waals surface area contributed by atoms with Crippen LogP contribution in [0.1, 0.15) is 22.3 Å². The van der Waals surface area contributed by atoms with Crippen molar-refractivity contribution in [1.82, 2.24) is 40.4 Å². The summed E-state index contributed by atoms with van der Waals surface area (Å²) in [5.74, 6) is 0. The lowest BCUT2D eigenvalue weighted by atomic mass is 10.1. The number of benzene rings is 2. The number of aryl methyl sites for hydroxylation is 4. The highest BCUT2D eigenvalue weighted by Crippen LogP contribution is 2.36. The summed E-state index contributed by atoms with van der Waals surface area (Å²) in [5, 5.41) is 25.5. The van der Waals surface area contributed by atoms with Crippen LogP contribution in [-0.4, -0.2) is 40.4 Å². The first-order valence-corrected chi connectivity index (χ1v) is 10.7. The van der Waals surface area contributed by atoms with E-state index in [1.165, 1.54) is 43.8 Å². The third-order valence-corrected chi connectivity index (χ3v) is 6.58. The number of hydrogen-bond donors (Lipinski definition) is 0. The molecule has 4 rings (SSSR count). The normalized spacial score (nSPS) is 11.1. The number of nitrogens with zero attached hydrogens (tertiary/aromatic N) is 8. The minimum Gasteiger partial charge on any atom is -0.187 e. The van der Waals surface area contributed by atoms with Crippen LogP contribution in [0.5, 0.6) is 0 Å². The lowest BCUT2D eigenvalue weighted by molar-refractivity contribution is 0.755. The van der Waals surface area contributed by atoms with Crippen molar-refractivity contribution >= 4 is 21.6 Å². The highest BCUT2D eigenvalue weighted by Gasteiger charge is 2.15. The number of tetrazole rings is 2. The second kappa shape index (κ2) is 7.72. The van der Waals surface area contributed by atoms with Crippen molar-refractivity contribution in [3.05, 3.63) is 58.7 Å². The molecule has 0 aliphatic heterocycles. The summed E-state index contributed by atoms with van der Waals surface area (Å²) in [5.41, 5.74) is 6.68. The van der Waals surface area contributed by atoms with Crippen LogP contribution in [0.15, 0.2) is 46.7 Å². The Morgan fingerprint density at radius 3 is 1.43 bits per heavy atom. The lowest BCUT2D eigenvalue weighted by Gasteiger charge is -2.07. The molecular formula is C18H18N8S2. The Kier molecular flexibility index (Phi) is 5.14. The summed E-state index contributed by atoms with van der Waals surface area (Å²) >= 11 is 0. The first kappa shape index (κ1) is 18.6. The van der Waals surface area contributed by atoms with Crippen molar-refractivity contribution in [1.29, 1.82) is 0 Å². The average molecular weight is 411 g/mol. The Morgan fingerprint density at radius 2 is 1.04 bits per heavy atom. The summed E-state index contributed by atoms with van der Waals surface area (Å²) in [4.78, 5) is 0. The molecule has 0 unspecified atom stereocenters. The van der Waals surface area contributed by atoms with Gasteiger partial charge in [-0.2, -0.15) is 9.36 Å². The van der Waals surface area contributed by atoms with E-state index in [4.69, 9.17) is 0 Å². The van der Waals surface area contributed by atoms with Gasteiger partial charge in [-0.25, -0.2) is 0 Å². The first-order valence-electron chi connectivity index (χ1n) is 8.59. The number of aromatic nitrogens is 8. The van der Waals surface area contributed by atoms with Crippen LogP contribution in [0.25, 0.3) is 11.4 Å². The Balaban J connectivity index is 1.57. The van der Waals surface area contributed by atoms with E-state index in [0.717, 1.165) is 11.4 Å². The predicted molar refractivity (Wildman–Crippen MR) is 109 cm³/mol. The minimum absolute atomic E-state index is 0.655. The molecule has 0 bridgehead atoms. The van der Waals surface area contributed by atoms with Crippen LogP contribution < -0.4 is 0 Å². The molecule has 0 atom stereocenters. The molecule has 0 N–H and O–H groups in total. The van der Waals surface area contributed by atoms with E-state index in [1.54, 1.807) is 9.36 Å². The van der Waals surface area contributed by atoms with Crippen molar-refractivity contribution in [3.8, 4) is 11.4 Å². The Labute approximate surface area is 170 Å². The second-order valence-electron chi connectivity index (χ2n) is 6.45. The Bertz CT molecular complexity index is 1040. The molecule has 2 heterocycles. The second-order valence-corrected chi connectivity index (χ2v) is 8.51. The van der Waals surface area contributed by atoms with Gasteiger partial charge in [0.15, 0.2) is 0 Å². The molecule has 0 saturated heterocycles. The van der Waals surface area contributed by atoms with Gasteiger partial charge in [0.1, 0.15) is 0 Å². The average Bonchev–Trinajstić information content (AvgIpc) is 3.33. The van der Waals surface area contributed by atoms with Gasteiger partial charge < -0.3 is 0 Å². The van der Waals surface area contributed by atoms with Crippen molar-refractivity contribution in [3.63, 3.8) is 0 Å². The van der Waals surface area contributed by atoms with Gasteiger partial charge in [0.05, 0.1) is 11.4 Å². The zero-order valence-electron chi connectivity index (χ0n) is 15.9. The van der Waals surface area contributed by atoms with Gasteiger partial charge in [-0.15, -0.1) is 10.2 Å². The monoisotopic (exact) mass is 410 g/mol. The quantitative estimate of drug-likeness (QED) is 0.461. The van der Waals surface area contributed by atoms with Gasteiger partial charge in [0.2, 0.25) is 10.3 Å². The highest BCUT2D eigenvalue weighted by molar-refractivity contribution is 8.76. The summed E-state index contributed by atoms with van der Waals surface area (Å²) in [6, 6.07) is 12.3. The fraction of sp³-hybridized carbons (Fsp3) is 0.222. The lowest BCUT2D eigenvalue weighted by Crippen LogP contribution is -2.00. The van der Waals surface area contributed by atoms with Crippen molar-refractivity contribution in [2.45, 2.75) is 38.0 Å². The molecule has 0 spiro atoms. The molecule has 2 aromatic carbocycles. The van der Waals surface area contributed by atoms with Gasteiger partial charge in [0.25, 0.3) is 0 Å². The molecule has 8 nitrogen and oxygen atoms in total. The fourth-order valence-corrected chi connectivity index (χ4v) is 4.36. The fourth-order valence-electron chi connectivity index (χ4n) is 2.58. The van der Waals surface area contributed by atoms with Gasteiger partial charge >= 0.3 is 0 Å². The molecule has 2 aromatic heterocycles. The molecule has 0 radical (unpaired) electrons. The highest BCUT2D eigenvalue weighted by atomic mass is 33.1. The van der Waals surface area contributed by atoms with Gasteiger partial charge in [-0.05, 0) is 117 Å². The van der Waals surface area contributed by atoms with Crippen LogP contribution >= 0.6 is 21.6 Å². The predicted octanol–water partition coefficient (Wildman–Crippen LogP) is 3.67. The Hall–Kier alpha value is -2.72. The molecule has 4 aromatic rings. The zero-order valence-corrected chi connectivity index (χ0v) is 17.5. The molecule has 0 saturated carbocycles. The molecule has 142 valence electrons. The SMILES string of the molecule is Cc1ccc(-n2nnnc2SSc2nnnn2-c2ccc(C)c(C)c2)cc1C. The van der Waals surface area contributed by atoms with Gasteiger partial charge in [-0.1, -0.05) is 12.1 Å². The molecule has 0 aliphatic carbocycles. The third-order valence-electron chi connectivity index (χ3n) is 4.54. The summed E-state index contributed by atoms with van der Waals surface area (Å²) in [6.45, 7) is 8.30. The van der Waals surface area contributed by atoms with E-state index < -0.39 is 0 Å². The topological polar surface area (TPSA) is 87.2 Å². The van der Waals surface area contributed by atoms with E-state index in [9.17, 15) is 0 Å². The van der Waals surface area contributed by atoms with Crippen molar-refractivity contribution in [2.75, 3.05) is 0 Å². The molecule has 0 fully saturated rings. The molecule has 0 amide bonds. The van der Waals surface area contributed by atoms with Crippen LogP contribution in [-0.2, 0) is 0 Å². The van der Waals surface area contributed by atoms with Gasteiger partial charge in [0, 0.05) is 0 Å².